The molecule has 1 N–H and O–H groups in total. The van der Waals surface area contributed by atoms with Gasteiger partial charge in [0.25, 0.3) is 0 Å². The van der Waals surface area contributed by atoms with E-state index in [1.165, 1.54) is 0 Å². The topological polar surface area (TPSA) is 94.2 Å². The van der Waals surface area contributed by atoms with Crippen LogP contribution in [-0.4, -0.2) is 39.0 Å². The number of hydrogen-bond acceptors (Lipinski definition) is 6. The standard InChI is InChI=1S/C22H26N2O6S/c1-4-31(26,27)24(15-9-10-19-20(11-15)29-14-28-19)13-21(25)23-17-12-22(2,3)30-18-8-6-5-7-16(17)18/h5-11,17H,4,12-14H2,1-3H3,(H,23,25)/t17-/m1/s1. The Bertz CT molecular complexity index is 1100. The number of carbonyl (C=O) groups excluding carboxylic acids is 1. The van der Waals surface area contributed by atoms with E-state index >= 15 is 0 Å². The fraction of sp³-hybridized carbons (Fsp3) is 0.409. The number of nitrogens with zero attached hydrogens (tertiary/aromatic N) is 1. The molecular formula is C22H26N2O6S. The lowest BCUT2D eigenvalue weighted by molar-refractivity contribution is -0.120. The SMILES string of the molecule is CCS(=O)(=O)N(CC(=O)N[C@@H]1CC(C)(C)Oc2ccccc21)c1ccc2c(c1)OCO2. The minimum atomic E-state index is -3.70. The summed E-state index contributed by atoms with van der Waals surface area (Å²) in [5.41, 5.74) is 0.774. The van der Waals surface area contributed by atoms with Gasteiger partial charge < -0.3 is 19.5 Å². The second-order valence-electron chi connectivity index (χ2n) is 8.17. The summed E-state index contributed by atoms with van der Waals surface area (Å²) in [4.78, 5) is 13.0. The first-order valence-electron chi connectivity index (χ1n) is 10.2. The molecule has 2 aliphatic rings. The van der Waals surface area contributed by atoms with Crippen LogP contribution in [0.5, 0.6) is 17.2 Å². The van der Waals surface area contributed by atoms with E-state index in [0.717, 1.165) is 15.6 Å². The van der Waals surface area contributed by atoms with Gasteiger partial charge in [-0.05, 0) is 39.0 Å². The second-order valence-corrected chi connectivity index (χ2v) is 10.4. The van der Waals surface area contributed by atoms with Crippen molar-refractivity contribution in [2.45, 2.75) is 38.8 Å². The van der Waals surface area contributed by atoms with Crippen LogP contribution in [0.3, 0.4) is 0 Å². The van der Waals surface area contributed by atoms with Crippen LogP contribution in [0.25, 0.3) is 0 Å². The van der Waals surface area contributed by atoms with E-state index in [1.807, 2.05) is 38.1 Å². The van der Waals surface area contributed by atoms with E-state index in [1.54, 1.807) is 25.1 Å². The van der Waals surface area contributed by atoms with Crippen molar-refractivity contribution in [2.75, 3.05) is 23.4 Å². The highest BCUT2D eigenvalue weighted by atomic mass is 32.2. The van der Waals surface area contributed by atoms with Crippen LogP contribution in [0.2, 0.25) is 0 Å². The third-order valence-electron chi connectivity index (χ3n) is 5.34. The average Bonchev–Trinajstić information content (AvgIpc) is 3.19. The first-order valence-corrected chi connectivity index (χ1v) is 11.8. The molecule has 0 aromatic heterocycles. The number of nitrogens with one attached hydrogen (secondary N) is 1. The van der Waals surface area contributed by atoms with Gasteiger partial charge in [0.15, 0.2) is 11.5 Å². The average molecular weight is 447 g/mol. The van der Waals surface area contributed by atoms with Crippen molar-refractivity contribution in [3.63, 3.8) is 0 Å². The summed E-state index contributed by atoms with van der Waals surface area (Å²) < 4.78 is 43.4. The summed E-state index contributed by atoms with van der Waals surface area (Å²) in [7, 11) is -3.70. The second kappa shape index (κ2) is 7.96. The van der Waals surface area contributed by atoms with E-state index in [0.29, 0.717) is 23.6 Å². The Hall–Kier alpha value is -2.94. The number of fused-ring (bicyclic) bond motifs is 2. The smallest absolute Gasteiger partial charge is 0.241 e. The predicted octanol–water partition coefficient (Wildman–Crippen LogP) is 2.99. The molecule has 2 aromatic carbocycles. The summed E-state index contributed by atoms with van der Waals surface area (Å²) in [6.07, 6.45) is 0.570. The van der Waals surface area contributed by atoms with Crippen molar-refractivity contribution in [1.29, 1.82) is 0 Å². The number of ether oxygens (including phenoxy) is 3. The van der Waals surface area contributed by atoms with Gasteiger partial charge in [-0.2, -0.15) is 0 Å². The number of sulfonamides is 1. The van der Waals surface area contributed by atoms with E-state index in [4.69, 9.17) is 14.2 Å². The van der Waals surface area contributed by atoms with Crippen molar-refractivity contribution in [3.05, 3.63) is 48.0 Å². The lowest BCUT2D eigenvalue weighted by Gasteiger charge is -2.38. The maximum absolute atomic E-state index is 13.0. The molecule has 0 unspecified atom stereocenters. The number of para-hydroxylation sites is 1. The number of anilines is 1. The molecule has 0 fully saturated rings. The van der Waals surface area contributed by atoms with Crippen molar-refractivity contribution < 1.29 is 27.4 Å². The van der Waals surface area contributed by atoms with E-state index in [-0.39, 0.29) is 25.1 Å². The van der Waals surface area contributed by atoms with E-state index in [9.17, 15) is 13.2 Å². The lowest BCUT2D eigenvalue weighted by atomic mass is 9.89. The molecule has 0 bridgehead atoms. The Morgan fingerprint density at radius 3 is 2.65 bits per heavy atom. The largest absolute Gasteiger partial charge is 0.487 e. The Kier molecular flexibility index (Phi) is 5.47. The fourth-order valence-electron chi connectivity index (χ4n) is 3.85. The molecule has 166 valence electrons. The summed E-state index contributed by atoms with van der Waals surface area (Å²) in [5, 5.41) is 3.00. The first-order chi connectivity index (χ1) is 14.7. The Morgan fingerprint density at radius 1 is 1.13 bits per heavy atom. The Balaban J connectivity index is 1.58. The van der Waals surface area contributed by atoms with Gasteiger partial charge in [0.05, 0.1) is 17.5 Å². The summed E-state index contributed by atoms with van der Waals surface area (Å²) in [5.74, 6) is 1.18. The normalized spacial score (nSPS) is 18.6. The molecule has 2 heterocycles. The molecule has 31 heavy (non-hydrogen) atoms. The number of amides is 1. The summed E-state index contributed by atoms with van der Waals surface area (Å²) in [6.45, 7) is 5.21. The quantitative estimate of drug-likeness (QED) is 0.733. The molecule has 0 saturated heterocycles. The van der Waals surface area contributed by atoms with Crippen LogP contribution in [0.4, 0.5) is 5.69 Å². The fourth-order valence-corrected chi connectivity index (χ4v) is 4.91. The zero-order valence-corrected chi connectivity index (χ0v) is 18.6. The lowest BCUT2D eigenvalue weighted by Crippen LogP contribution is -2.46. The minimum absolute atomic E-state index is 0.0821. The molecule has 8 nitrogen and oxygen atoms in total. The predicted molar refractivity (Wildman–Crippen MR) is 116 cm³/mol. The number of hydrogen-bond donors (Lipinski definition) is 1. The molecule has 1 amide bonds. The van der Waals surface area contributed by atoms with Crippen molar-refractivity contribution >= 4 is 21.6 Å². The van der Waals surface area contributed by atoms with Crippen molar-refractivity contribution in [1.82, 2.24) is 5.32 Å². The van der Waals surface area contributed by atoms with Crippen LogP contribution < -0.4 is 23.8 Å². The van der Waals surface area contributed by atoms with Gasteiger partial charge in [0.2, 0.25) is 22.7 Å². The van der Waals surface area contributed by atoms with Crippen LogP contribution in [0.1, 0.15) is 38.8 Å². The highest BCUT2D eigenvalue weighted by Gasteiger charge is 2.35. The van der Waals surface area contributed by atoms with Gasteiger partial charge in [0, 0.05) is 18.1 Å². The van der Waals surface area contributed by atoms with E-state index < -0.39 is 21.5 Å². The molecule has 0 aliphatic carbocycles. The Morgan fingerprint density at radius 2 is 1.87 bits per heavy atom. The molecular weight excluding hydrogens is 420 g/mol. The third kappa shape index (κ3) is 4.41. The molecule has 0 spiro atoms. The molecule has 1 atom stereocenters. The van der Waals surface area contributed by atoms with Crippen molar-refractivity contribution in [2.24, 2.45) is 0 Å². The van der Waals surface area contributed by atoms with Gasteiger partial charge in [-0.3, -0.25) is 9.10 Å². The van der Waals surface area contributed by atoms with Crippen LogP contribution in [0, 0.1) is 0 Å². The number of carbonyl (C=O) groups is 1. The van der Waals surface area contributed by atoms with Gasteiger partial charge in [-0.1, -0.05) is 18.2 Å². The molecule has 0 saturated carbocycles. The van der Waals surface area contributed by atoms with Gasteiger partial charge in [0.1, 0.15) is 17.9 Å². The van der Waals surface area contributed by atoms with Gasteiger partial charge in [-0.25, -0.2) is 8.42 Å². The minimum Gasteiger partial charge on any atom is -0.487 e. The highest BCUT2D eigenvalue weighted by molar-refractivity contribution is 7.92. The summed E-state index contributed by atoms with van der Waals surface area (Å²) >= 11 is 0. The maximum atomic E-state index is 13.0. The van der Waals surface area contributed by atoms with E-state index in [2.05, 4.69) is 5.32 Å². The molecule has 4 rings (SSSR count). The zero-order chi connectivity index (χ0) is 22.2. The van der Waals surface area contributed by atoms with Crippen LogP contribution in [-0.2, 0) is 14.8 Å². The van der Waals surface area contributed by atoms with Gasteiger partial charge in [-0.15, -0.1) is 0 Å². The Labute approximate surface area is 182 Å². The summed E-state index contributed by atoms with van der Waals surface area (Å²) in [6, 6.07) is 12.1. The molecule has 2 aliphatic heterocycles. The molecule has 9 heteroatoms. The zero-order valence-electron chi connectivity index (χ0n) is 17.8. The molecule has 2 aromatic rings. The molecule has 0 radical (unpaired) electrons. The number of benzene rings is 2. The number of rotatable bonds is 6. The van der Waals surface area contributed by atoms with Crippen LogP contribution >= 0.6 is 0 Å². The van der Waals surface area contributed by atoms with Gasteiger partial charge >= 0.3 is 0 Å². The third-order valence-corrected chi connectivity index (χ3v) is 7.08. The monoisotopic (exact) mass is 446 g/mol. The van der Waals surface area contributed by atoms with Crippen LogP contribution in [0.15, 0.2) is 42.5 Å². The van der Waals surface area contributed by atoms with Crippen molar-refractivity contribution in [3.8, 4) is 17.2 Å². The maximum Gasteiger partial charge on any atom is 0.241 e. The highest BCUT2D eigenvalue weighted by Crippen LogP contribution is 2.39. The first kappa shape index (κ1) is 21.3.